The molecule has 6 nitrogen and oxygen atoms in total. The number of hydrogen-bond acceptors (Lipinski definition) is 3. The van der Waals surface area contributed by atoms with E-state index in [1.54, 1.807) is 0 Å². The molecule has 0 spiro atoms. The van der Waals surface area contributed by atoms with Crippen LogP contribution in [0.1, 0.15) is 39.5 Å². The van der Waals surface area contributed by atoms with Crippen LogP contribution in [0.4, 0.5) is 4.79 Å². The molecular formula is C14H27N3O3. The lowest BCUT2D eigenvalue weighted by atomic mass is 9.80. The molecule has 0 aliphatic carbocycles. The number of carboxylic acid groups (broad SMARTS) is 1. The highest BCUT2D eigenvalue weighted by atomic mass is 16.4. The molecule has 0 bridgehead atoms. The van der Waals surface area contributed by atoms with Crippen molar-refractivity contribution >= 4 is 12.0 Å². The van der Waals surface area contributed by atoms with Crippen LogP contribution in [-0.2, 0) is 4.79 Å². The molecule has 1 aliphatic heterocycles. The standard InChI is InChI=1S/C14H27N3O3/c1-4-5-11(12(18)19)16-13(20)15-10-14(2)6-8-17(3)9-7-14/h11H,4-10H2,1-3H3,(H,18,19)(H2,15,16,20). The molecule has 0 radical (unpaired) electrons. The van der Waals surface area contributed by atoms with Gasteiger partial charge >= 0.3 is 12.0 Å². The lowest BCUT2D eigenvalue weighted by molar-refractivity contribution is -0.139. The third-order valence-corrected chi connectivity index (χ3v) is 4.05. The van der Waals surface area contributed by atoms with E-state index in [4.69, 9.17) is 5.11 Å². The summed E-state index contributed by atoms with van der Waals surface area (Å²) in [5, 5.41) is 14.3. The molecule has 116 valence electrons. The molecule has 1 saturated heterocycles. The van der Waals surface area contributed by atoms with E-state index in [0.717, 1.165) is 32.4 Å². The van der Waals surface area contributed by atoms with Gasteiger partial charge in [0.05, 0.1) is 0 Å². The fraction of sp³-hybridized carbons (Fsp3) is 0.857. The van der Waals surface area contributed by atoms with Crippen molar-refractivity contribution in [2.75, 3.05) is 26.7 Å². The van der Waals surface area contributed by atoms with Gasteiger partial charge in [-0.25, -0.2) is 9.59 Å². The normalized spacial score (nSPS) is 20.1. The van der Waals surface area contributed by atoms with Gasteiger partial charge in [-0.3, -0.25) is 0 Å². The monoisotopic (exact) mass is 285 g/mol. The topological polar surface area (TPSA) is 81.7 Å². The van der Waals surface area contributed by atoms with Crippen molar-refractivity contribution in [3.8, 4) is 0 Å². The van der Waals surface area contributed by atoms with Gasteiger partial charge in [0, 0.05) is 6.54 Å². The van der Waals surface area contributed by atoms with E-state index >= 15 is 0 Å². The first kappa shape index (κ1) is 16.8. The van der Waals surface area contributed by atoms with Crippen LogP contribution in [-0.4, -0.2) is 54.7 Å². The first-order chi connectivity index (χ1) is 9.36. The summed E-state index contributed by atoms with van der Waals surface area (Å²) in [4.78, 5) is 25.0. The zero-order valence-electron chi connectivity index (χ0n) is 12.7. The number of hydrogen-bond donors (Lipinski definition) is 3. The number of nitrogens with one attached hydrogen (secondary N) is 2. The fourth-order valence-corrected chi connectivity index (χ4v) is 2.38. The van der Waals surface area contributed by atoms with Gasteiger partial charge < -0.3 is 20.6 Å². The van der Waals surface area contributed by atoms with Crippen LogP contribution in [0.3, 0.4) is 0 Å². The Morgan fingerprint density at radius 2 is 1.95 bits per heavy atom. The molecule has 1 atom stereocenters. The second kappa shape index (κ2) is 7.47. The maximum absolute atomic E-state index is 11.8. The van der Waals surface area contributed by atoms with Crippen LogP contribution in [0, 0.1) is 5.41 Å². The molecule has 1 unspecified atom stereocenters. The Bertz CT molecular complexity index is 339. The number of amides is 2. The number of carboxylic acids is 1. The SMILES string of the molecule is CCCC(NC(=O)NCC1(C)CCN(C)CC1)C(=O)O. The second-order valence-corrected chi connectivity index (χ2v) is 6.12. The van der Waals surface area contributed by atoms with Gasteiger partial charge in [0.25, 0.3) is 0 Å². The van der Waals surface area contributed by atoms with Crippen molar-refractivity contribution in [2.45, 2.75) is 45.6 Å². The molecule has 6 heteroatoms. The number of piperidine rings is 1. The van der Waals surface area contributed by atoms with Crippen molar-refractivity contribution in [2.24, 2.45) is 5.41 Å². The number of nitrogens with zero attached hydrogens (tertiary/aromatic N) is 1. The Morgan fingerprint density at radius 3 is 2.45 bits per heavy atom. The van der Waals surface area contributed by atoms with E-state index in [9.17, 15) is 9.59 Å². The van der Waals surface area contributed by atoms with E-state index in [-0.39, 0.29) is 11.4 Å². The van der Waals surface area contributed by atoms with Gasteiger partial charge in [-0.05, 0) is 44.8 Å². The maximum Gasteiger partial charge on any atom is 0.326 e. The average molecular weight is 285 g/mol. The highest BCUT2D eigenvalue weighted by Crippen LogP contribution is 2.29. The number of carbonyl (C=O) groups excluding carboxylic acids is 1. The van der Waals surface area contributed by atoms with Crippen molar-refractivity contribution in [3.63, 3.8) is 0 Å². The van der Waals surface area contributed by atoms with Crippen LogP contribution in [0.5, 0.6) is 0 Å². The summed E-state index contributed by atoms with van der Waals surface area (Å²) in [6.07, 6.45) is 3.26. The Balaban J connectivity index is 2.37. The molecular weight excluding hydrogens is 258 g/mol. The summed E-state index contributed by atoms with van der Waals surface area (Å²) in [6, 6.07) is -1.18. The summed E-state index contributed by atoms with van der Waals surface area (Å²) in [6.45, 7) is 6.72. The predicted octanol–water partition coefficient (Wildman–Crippen LogP) is 1.27. The summed E-state index contributed by atoms with van der Waals surface area (Å²) in [5.74, 6) is -0.979. The molecule has 1 fully saturated rings. The fourth-order valence-electron chi connectivity index (χ4n) is 2.38. The number of carbonyl (C=O) groups is 2. The first-order valence-corrected chi connectivity index (χ1v) is 7.32. The Morgan fingerprint density at radius 1 is 1.35 bits per heavy atom. The minimum absolute atomic E-state index is 0.104. The molecule has 0 aromatic rings. The number of likely N-dealkylation sites (tertiary alicyclic amines) is 1. The zero-order valence-corrected chi connectivity index (χ0v) is 12.7. The van der Waals surface area contributed by atoms with Crippen LogP contribution < -0.4 is 10.6 Å². The summed E-state index contributed by atoms with van der Waals surface area (Å²) >= 11 is 0. The van der Waals surface area contributed by atoms with Crippen molar-refractivity contribution in [1.29, 1.82) is 0 Å². The summed E-state index contributed by atoms with van der Waals surface area (Å²) < 4.78 is 0. The molecule has 1 rings (SSSR count). The van der Waals surface area contributed by atoms with E-state index in [2.05, 4.69) is 29.5 Å². The van der Waals surface area contributed by atoms with Gasteiger partial charge in [0.2, 0.25) is 0 Å². The lowest BCUT2D eigenvalue weighted by Crippen LogP contribution is -2.50. The van der Waals surface area contributed by atoms with Crippen molar-refractivity contribution in [1.82, 2.24) is 15.5 Å². The van der Waals surface area contributed by atoms with Crippen LogP contribution in [0.15, 0.2) is 0 Å². The smallest absolute Gasteiger partial charge is 0.326 e. The first-order valence-electron chi connectivity index (χ1n) is 7.32. The molecule has 0 aromatic carbocycles. The van der Waals surface area contributed by atoms with E-state index in [1.807, 2.05) is 6.92 Å². The molecule has 0 aromatic heterocycles. The van der Waals surface area contributed by atoms with Crippen molar-refractivity contribution in [3.05, 3.63) is 0 Å². The minimum Gasteiger partial charge on any atom is -0.480 e. The summed E-state index contributed by atoms with van der Waals surface area (Å²) in [5.41, 5.74) is 0.104. The predicted molar refractivity (Wildman–Crippen MR) is 77.7 cm³/mol. The number of rotatable bonds is 6. The molecule has 0 saturated carbocycles. The molecule has 1 heterocycles. The van der Waals surface area contributed by atoms with Crippen LogP contribution >= 0.6 is 0 Å². The third kappa shape index (κ3) is 5.36. The third-order valence-electron chi connectivity index (χ3n) is 4.05. The Labute approximate surface area is 120 Å². The average Bonchev–Trinajstić information content (AvgIpc) is 2.40. The minimum atomic E-state index is -0.979. The summed E-state index contributed by atoms with van der Waals surface area (Å²) in [7, 11) is 2.10. The van der Waals surface area contributed by atoms with Crippen LogP contribution in [0.2, 0.25) is 0 Å². The van der Waals surface area contributed by atoms with Gasteiger partial charge in [0.1, 0.15) is 6.04 Å². The zero-order chi connectivity index (χ0) is 15.2. The Kier molecular flexibility index (Phi) is 6.26. The highest BCUT2D eigenvalue weighted by Gasteiger charge is 2.29. The molecule has 3 N–H and O–H groups in total. The molecule has 2 amide bonds. The van der Waals surface area contributed by atoms with E-state index in [0.29, 0.717) is 13.0 Å². The molecule has 1 aliphatic rings. The van der Waals surface area contributed by atoms with Crippen LogP contribution in [0.25, 0.3) is 0 Å². The quantitative estimate of drug-likeness (QED) is 0.686. The second-order valence-electron chi connectivity index (χ2n) is 6.12. The van der Waals surface area contributed by atoms with E-state index < -0.39 is 12.0 Å². The van der Waals surface area contributed by atoms with Crippen molar-refractivity contribution < 1.29 is 14.7 Å². The maximum atomic E-state index is 11.8. The van der Waals surface area contributed by atoms with Gasteiger partial charge in [-0.15, -0.1) is 0 Å². The number of aliphatic carboxylic acids is 1. The largest absolute Gasteiger partial charge is 0.480 e. The highest BCUT2D eigenvalue weighted by molar-refractivity contribution is 5.82. The van der Waals surface area contributed by atoms with E-state index in [1.165, 1.54) is 0 Å². The Hall–Kier alpha value is -1.30. The van der Waals surface area contributed by atoms with Gasteiger partial charge in [-0.2, -0.15) is 0 Å². The number of urea groups is 1. The lowest BCUT2D eigenvalue weighted by Gasteiger charge is -2.38. The van der Waals surface area contributed by atoms with Gasteiger partial charge in [0.15, 0.2) is 0 Å². The van der Waals surface area contributed by atoms with Gasteiger partial charge in [-0.1, -0.05) is 20.3 Å². The molecule has 20 heavy (non-hydrogen) atoms.